The summed E-state index contributed by atoms with van der Waals surface area (Å²) in [4.78, 5) is 21.3. The topological polar surface area (TPSA) is 78.9 Å². The quantitative estimate of drug-likeness (QED) is 0.369. The minimum atomic E-state index is -0.839. The number of nitrogens with one attached hydrogen (secondary N) is 3. The number of carbonyl (C=O) groups excluding carboxylic acids is 1. The summed E-state index contributed by atoms with van der Waals surface area (Å²) in [5.41, 5.74) is 2.76. The zero-order valence-corrected chi connectivity index (χ0v) is 17.3. The van der Waals surface area contributed by atoms with Crippen LogP contribution in [0.1, 0.15) is 5.56 Å². The maximum absolute atomic E-state index is 13.7. The zero-order valence-electron chi connectivity index (χ0n) is 17.3. The number of urea groups is 1. The number of aryl methyl sites for hydroxylation is 1. The molecule has 4 aromatic rings. The van der Waals surface area contributed by atoms with Crippen LogP contribution in [0.3, 0.4) is 0 Å². The third-order valence-corrected chi connectivity index (χ3v) is 4.80. The molecule has 0 saturated heterocycles. The molecule has 0 saturated carbocycles. The van der Waals surface area contributed by atoms with Crippen LogP contribution in [0, 0.1) is 18.6 Å². The number of aromatic nitrogens is 2. The van der Waals surface area contributed by atoms with E-state index in [0.717, 1.165) is 28.1 Å². The van der Waals surface area contributed by atoms with Crippen molar-refractivity contribution < 1.29 is 13.6 Å². The highest BCUT2D eigenvalue weighted by molar-refractivity contribution is 5.91. The van der Waals surface area contributed by atoms with Crippen LogP contribution < -0.4 is 16.0 Å². The van der Waals surface area contributed by atoms with Gasteiger partial charge in [0.05, 0.1) is 11.2 Å². The summed E-state index contributed by atoms with van der Waals surface area (Å²) in [6, 6.07) is 18.0. The van der Waals surface area contributed by atoms with Crippen molar-refractivity contribution in [2.45, 2.75) is 6.92 Å². The van der Waals surface area contributed by atoms with Crippen LogP contribution in [0.2, 0.25) is 0 Å². The first-order valence-corrected chi connectivity index (χ1v) is 10.1. The Kier molecular flexibility index (Phi) is 6.21. The van der Waals surface area contributed by atoms with Crippen molar-refractivity contribution in [3.05, 3.63) is 83.9 Å². The average Bonchev–Trinajstić information content (AvgIpc) is 2.79. The fourth-order valence-electron chi connectivity index (χ4n) is 3.16. The van der Waals surface area contributed by atoms with Gasteiger partial charge in [0.1, 0.15) is 17.5 Å². The van der Waals surface area contributed by atoms with Crippen LogP contribution in [0.4, 0.5) is 25.1 Å². The summed E-state index contributed by atoms with van der Waals surface area (Å²) in [7, 11) is 0. The summed E-state index contributed by atoms with van der Waals surface area (Å²) >= 11 is 0. The fraction of sp³-hybridized carbons (Fsp3) is 0.125. The summed E-state index contributed by atoms with van der Waals surface area (Å²) < 4.78 is 26.6. The molecule has 0 spiro atoms. The van der Waals surface area contributed by atoms with E-state index in [4.69, 9.17) is 0 Å². The molecule has 0 fully saturated rings. The van der Waals surface area contributed by atoms with E-state index in [1.165, 1.54) is 6.07 Å². The van der Waals surface area contributed by atoms with E-state index in [1.54, 1.807) is 0 Å². The van der Waals surface area contributed by atoms with Gasteiger partial charge in [-0.05, 0) is 31.2 Å². The lowest BCUT2D eigenvalue weighted by molar-refractivity contribution is 0.252. The Morgan fingerprint density at radius 2 is 1.72 bits per heavy atom. The number of amides is 2. The molecule has 0 aliphatic heterocycles. The Hall–Kier alpha value is -4.07. The summed E-state index contributed by atoms with van der Waals surface area (Å²) in [5.74, 6) is -0.296. The third-order valence-electron chi connectivity index (χ3n) is 4.80. The van der Waals surface area contributed by atoms with Crippen molar-refractivity contribution in [3.8, 4) is 11.4 Å². The second-order valence-electron chi connectivity index (χ2n) is 7.21. The maximum atomic E-state index is 13.7. The van der Waals surface area contributed by atoms with Gasteiger partial charge in [-0.25, -0.2) is 23.5 Å². The van der Waals surface area contributed by atoms with E-state index < -0.39 is 17.7 Å². The number of carbonyl (C=O) groups is 1. The molecule has 0 bridgehead atoms. The molecule has 2 amide bonds. The molecule has 0 unspecified atom stereocenters. The Bertz CT molecular complexity index is 1260. The van der Waals surface area contributed by atoms with E-state index in [1.807, 2.05) is 55.5 Å². The molecule has 1 aromatic heterocycles. The molecule has 8 heteroatoms. The smallest absolute Gasteiger partial charge is 0.319 e. The van der Waals surface area contributed by atoms with E-state index >= 15 is 0 Å². The van der Waals surface area contributed by atoms with Gasteiger partial charge in [-0.2, -0.15) is 0 Å². The third kappa shape index (κ3) is 4.97. The summed E-state index contributed by atoms with van der Waals surface area (Å²) in [6.07, 6.45) is 0. The van der Waals surface area contributed by atoms with Crippen molar-refractivity contribution in [1.29, 1.82) is 0 Å². The van der Waals surface area contributed by atoms with Crippen LogP contribution >= 0.6 is 0 Å². The summed E-state index contributed by atoms with van der Waals surface area (Å²) in [5, 5.41) is 9.08. The average molecular weight is 433 g/mol. The van der Waals surface area contributed by atoms with Crippen molar-refractivity contribution in [3.63, 3.8) is 0 Å². The van der Waals surface area contributed by atoms with E-state index in [9.17, 15) is 13.6 Å². The number of fused-ring (bicyclic) bond motifs is 1. The SMILES string of the molecule is Cc1ccc(-c2nc(NCCNC(=O)Nc3ccc(F)cc3F)c3ccccc3n2)cc1. The van der Waals surface area contributed by atoms with Gasteiger partial charge in [0, 0.05) is 30.1 Å². The molecular weight excluding hydrogens is 412 g/mol. The number of benzene rings is 3. The van der Waals surface area contributed by atoms with Crippen LogP contribution in [-0.2, 0) is 0 Å². The number of anilines is 2. The van der Waals surface area contributed by atoms with Crippen molar-refractivity contribution in [2.75, 3.05) is 23.7 Å². The summed E-state index contributed by atoms with van der Waals surface area (Å²) in [6.45, 7) is 2.66. The maximum Gasteiger partial charge on any atom is 0.319 e. The predicted octanol–water partition coefficient (Wildman–Crippen LogP) is 5.12. The van der Waals surface area contributed by atoms with Crippen LogP contribution in [-0.4, -0.2) is 29.1 Å². The second-order valence-corrected chi connectivity index (χ2v) is 7.21. The molecule has 3 N–H and O–H groups in total. The van der Waals surface area contributed by atoms with Crippen LogP contribution in [0.15, 0.2) is 66.7 Å². The zero-order chi connectivity index (χ0) is 22.5. The number of nitrogens with zero attached hydrogens (tertiary/aromatic N) is 2. The van der Waals surface area contributed by atoms with Crippen molar-refractivity contribution in [1.82, 2.24) is 15.3 Å². The molecule has 0 aliphatic carbocycles. The van der Waals surface area contributed by atoms with Gasteiger partial charge < -0.3 is 16.0 Å². The Balaban J connectivity index is 1.42. The molecule has 0 aliphatic rings. The normalized spacial score (nSPS) is 10.7. The number of hydrogen-bond donors (Lipinski definition) is 3. The lowest BCUT2D eigenvalue weighted by atomic mass is 10.1. The monoisotopic (exact) mass is 433 g/mol. The van der Waals surface area contributed by atoms with Gasteiger partial charge >= 0.3 is 6.03 Å². The highest BCUT2D eigenvalue weighted by atomic mass is 19.1. The van der Waals surface area contributed by atoms with Gasteiger partial charge in [0.2, 0.25) is 0 Å². The Labute approximate surface area is 183 Å². The minimum Gasteiger partial charge on any atom is -0.368 e. The second kappa shape index (κ2) is 9.38. The van der Waals surface area contributed by atoms with Crippen LogP contribution in [0.25, 0.3) is 22.3 Å². The first kappa shape index (κ1) is 21.2. The van der Waals surface area contributed by atoms with Crippen molar-refractivity contribution >= 4 is 28.4 Å². The van der Waals surface area contributed by atoms with Gasteiger partial charge in [-0.3, -0.25) is 0 Å². The molecule has 4 rings (SSSR count). The first-order valence-electron chi connectivity index (χ1n) is 10.1. The van der Waals surface area contributed by atoms with E-state index in [2.05, 4.69) is 25.9 Å². The molecule has 6 nitrogen and oxygen atoms in total. The number of halogens is 2. The van der Waals surface area contributed by atoms with Gasteiger partial charge in [0.15, 0.2) is 5.82 Å². The Morgan fingerprint density at radius 1 is 0.938 bits per heavy atom. The van der Waals surface area contributed by atoms with Gasteiger partial charge in [-0.15, -0.1) is 0 Å². The standard InChI is InChI=1S/C24H21F2N5O/c1-15-6-8-16(9-7-15)22-29-20-5-3-2-4-18(20)23(31-22)27-12-13-28-24(32)30-21-11-10-17(25)14-19(21)26/h2-11,14H,12-13H2,1H3,(H,27,29,31)(H2,28,30,32). The molecule has 0 atom stereocenters. The predicted molar refractivity (Wildman–Crippen MR) is 122 cm³/mol. The highest BCUT2D eigenvalue weighted by Gasteiger charge is 2.10. The van der Waals surface area contributed by atoms with Gasteiger partial charge in [-0.1, -0.05) is 42.0 Å². The lowest BCUT2D eigenvalue weighted by Gasteiger charge is -2.12. The highest BCUT2D eigenvalue weighted by Crippen LogP contribution is 2.25. The minimum absolute atomic E-state index is 0.0959. The molecule has 1 heterocycles. The van der Waals surface area contributed by atoms with Crippen LogP contribution in [0.5, 0.6) is 0 Å². The molecular formula is C24H21F2N5O. The van der Waals surface area contributed by atoms with E-state index in [0.29, 0.717) is 24.3 Å². The fourth-order valence-corrected chi connectivity index (χ4v) is 3.16. The number of rotatable bonds is 6. The number of hydrogen-bond acceptors (Lipinski definition) is 4. The Morgan fingerprint density at radius 3 is 2.50 bits per heavy atom. The molecule has 162 valence electrons. The first-order chi connectivity index (χ1) is 15.5. The number of para-hydroxylation sites is 1. The largest absolute Gasteiger partial charge is 0.368 e. The van der Waals surface area contributed by atoms with E-state index in [-0.39, 0.29) is 12.2 Å². The van der Waals surface area contributed by atoms with Crippen molar-refractivity contribution in [2.24, 2.45) is 0 Å². The molecule has 32 heavy (non-hydrogen) atoms. The molecule has 3 aromatic carbocycles. The molecule has 0 radical (unpaired) electrons. The lowest BCUT2D eigenvalue weighted by Crippen LogP contribution is -2.33. The van der Waals surface area contributed by atoms with Gasteiger partial charge in [0.25, 0.3) is 0 Å².